The number of hydrogen-bond acceptors (Lipinski definition) is 1. The minimum Gasteiger partial charge on any atom is -0.474 e. The van der Waals surface area contributed by atoms with Gasteiger partial charge < -0.3 is 5.11 Å². The largest absolute Gasteiger partial charge is 0.474 e. The fourth-order valence-electron chi connectivity index (χ4n) is 1.89. The van der Waals surface area contributed by atoms with Crippen LogP contribution in [0, 0.1) is 11.6 Å². The summed E-state index contributed by atoms with van der Waals surface area (Å²) in [5, 5.41) is 8.99. The number of hydrogen-bond donors (Lipinski definition) is 1. The second kappa shape index (κ2) is 3.12. The number of nitrogens with zero attached hydrogens (tertiary/aromatic N) is 1. The van der Waals surface area contributed by atoms with Crippen LogP contribution in [0.5, 0.6) is 0 Å². The zero-order valence-electron chi connectivity index (χ0n) is 8.79. The molecule has 1 aromatic carbocycles. The second-order valence-corrected chi connectivity index (χ2v) is 4.11. The smallest absolute Gasteiger partial charge is 0.390 e. The van der Waals surface area contributed by atoms with Crippen LogP contribution >= 0.6 is 0 Å². The summed E-state index contributed by atoms with van der Waals surface area (Å²) >= 11 is 0. The third-order valence-electron chi connectivity index (χ3n) is 2.79. The average Bonchev–Trinajstić information content (AvgIpc) is 2.41. The van der Waals surface area contributed by atoms with Crippen molar-refractivity contribution in [2.24, 2.45) is 0 Å². The number of carbonyl (C=O) groups is 1. The van der Waals surface area contributed by atoms with E-state index in [1.165, 1.54) is 6.08 Å². The molecular formula is C11H10F2NO2+. The molecule has 0 atom stereocenters. The summed E-state index contributed by atoms with van der Waals surface area (Å²) in [6, 6.07) is 2.05. The van der Waals surface area contributed by atoms with Crippen molar-refractivity contribution in [2.75, 3.05) is 14.1 Å². The molecule has 2 rings (SSSR count). The van der Waals surface area contributed by atoms with Crippen molar-refractivity contribution in [3.8, 4) is 0 Å². The third kappa shape index (κ3) is 1.32. The quantitative estimate of drug-likeness (QED) is 0.743. The van der Waals surface area contributed by atoms with E-state index in [9.17, 15) is 13.6 Å². The Balaban J connectivity index is 2.67. The molecule has 1 aromatic rings. The number of carboxylic acids is 1. The molecule has 1 aliphatic rings. The summed E-state index contributed by atoms with van der Waals surface area (Å²) in [5.74, 6) is -3.03. The Morgan fingerprint density at radius 2 is 1.81 bits per heavy atom. The molecule has 1 heterocycles. The van der Waals surface area contributed by atoms with Crippen LogP contribution < -0.4 is 4.48 Å². The maximum absolute atomic E-state index is 13.1. The maximum Gasteiger partial charge on any atom is 0.390 e. The zero-order chi connectivity index (χ0) is 12.1. The Bertz CT molecular complexity index is 521. The molecule has 0 fully saturated rings. The number of rotatable bonds is 1. The van der Waals surface area contributed by atoms with Gasteiger partial charge in [0.25, 0.3) is 0 Å². The van der Waals surface area contributed by atoms with Crippen molar-refractivity contribution in [2.45, 2.75) is 0 Å². The van der Waals surface area contributed by atoms with Gasteiger partial charge in [0.1, 0.15) is 5.69 Å². The van der Waals surface area contributed by atoms with E-state index in [0.29, 0.717) is 11.3 Å². The highest BCUT2D eigenvalue weighted by Crippen LogP contribution is 2.38. The van der Waals surface area contributed by atoms with Gasteiger partial charge in [0.2, 0.25) is 5.70 Å². The molecule has 5 heteroatoms. The summed E-state index contributed by atoms with van der Waals surface area (Å²) < 4.78 is 26.0. The first-order chi connectivity index (χ1) is 7.34. The number of quaternary nitrogens is 1. The Morgan fingerprint density at radius 3 is 2.38 bits per heavy atom. The van der Waals surface area contributed by atoms with E-state index >= 15 is 0 Å². The molecular weight excluding hydrogens is 216 g/mol. The zero-order valence-corrected chi connectivity index (χ0v) is 8.79. The number of benzene rings is 1. The van der Waals surface area contributed by atoms with E-state index in [2.05, 4.69) is 0 Å². The molecule has 16 heavy (non-hydrogen) atoms. The molecule has 1 N–H and O–H groups in total. The monoisotopic (exact) mass is 226 g/mol. The molecule has 0 aliphatic carbocycles. The van der Waals surface area contributed by atoms with Gasteiger partial charge >= 0.3 is 5.97 Å². The number of likely N-dealkylation sites (N-methyl/N-ethyl adjacent to an activating group) is 1. The van der Waals surface area contributed by atoms with Crippen molar-refractivity contribution in [3.63, 3.8) is 0 Å². The van der Waals surface area contributed by atoms with E-state index in [0.717, 1.165) is 12.1 Å². The molecule has 1 aliphatic heterocycles. The molecule has 0 aromatic heterocycles. The molecule has 0 unspecified atom stereocenters. The van der Waals surface area contributed by atoms with Gasteiger partial charge in [-0.15, -0.1) is 0 Å². The fourth-order valence-corrected chi connectivity index (χ4v) is 1.89. The van der Waals surface area contributed by atoms with Crippen LogP contribution in [0.3, 0.4) is 0 Å². The van der Waals surface area contributed by atoms with E-state index in [4.69, 9.17) is 5.11 Å². The summed E-state index contributed by atoms with van der Waals surface area (Å²) in [7, 11) is 3.23. The Morgan fingerprint density at radius 1 is 1.25 bits per heavy atom. The number of aliphatic carboxylic acids is 1. The summed E-state index contributed by atoms with van der Waals surface area (Å²) in [5.41, 5.74) is 0.928. The molecule has 0 saturated heterocycles. The standard InChI is InChI=1S/C11H9F2NO2/c1-14(2)9-5-8(13)7(12)3-6(9)4-10(14)11(15)16/h3-5H,1-2H3/p+1. The molecule has 84 valence electrons. The van der Waals surface area contributed by atoms with Gasteiger partial charge in [-0.2, -0.15) is 0 Å². The van der Waals surface area contributed by atoms with Crippen LogP contribution in [-0.4, -0.2) is 25.2 Å². The van der Waals surface area contributed by atoms with Gasteiger partial charge in [-0.25, -0.2) is 13.6 Å². The highest BCUT2D eigenvalue weighted by atomic mass is 19.2. The predicted octanol–water partition coefficient (Wildman–Crippen LogP) is 1.97. The Kier molecular flexibility index (Phi) is 2.10. The van der Waals surface area contributed by atoms with Crippen LogP contribution in [0.4, 0.5) is 14.5 Å². The first-order valence-electron chi connectivity index (χ1n) is 4.63. The minimum atomic E-state index is -1.10. The third-order valence-corrected chi connectivity index (χ3v) is 2.79. The van der Waals surface area contributed by atoms with Gasteiger partial charge in [-0.3, -0.25) is 4.48 Å². The van der Waals surface area contributed by atoms with Gasteiger partial charge in [-0.05, 0) is 6.07 Å². The van der Waals surface area contributed by atoms with Crippen LogP contribution in [0.2, 0.25) is 0 Å². The van der Waals surface area contributed by atoms with E-state index in [1.54, 1.807) is 14.1 Å². The highest BCUT2D eigenvalue weighted by molar-refractivity contribution is 5.99. The first kappa shape index (κ1) is 10.8. The normalized spacial score (nSPS) is 16.9. The van der Waals surface area contributed by atoms with Crippen LogP contribution in [0.25, 0.3) is 6.08 Å². The van der Waals surface area contributed by atoms with E-state index in [-0.39, 0.29) is 10.2 Å². The van der Waals surface area contributed by atoms with Gasteiger partial charge in [0.05, 0.1) is 14.1 Å². The summed E-state index contributed by atoms with van der Waals surface area (Å²) in [6.07, 6.45) is 1.36. The van der Waals surface area contributed by atoms with E-state index < -0.39 is 17.6 Å². The lowest BCUT2D eigenvalue weighted by atomic mass is 10.2. The van der Waals surface area contributed by atoms with Crippen LogP contribution in [-0.2, 0) is 4.79 Å². The first-order valence-corrected chi connectivity index (χ1v) is 4.63. The number of fused-ring (bicyclic) bond motifs is 1. The van der Waals surface area contributed by atoms with Crippen molar-refractivity contribution in [3.05, 3.63) is 35.0 Å². The van der Waals surface area contributed by atoms with Crippen LogP contribution in [0.15, 0.2) is 17.8 Å². The predicted molar refractivity (Wildman–Crippen MR) is 55.6 cm³/mol. The van der Waals surface area contributed by atoms with Gasteiger partial charge in [0.15, 0.2) is 11.6 Å². The van der Waals surface area contributed by atoms with Crippen molar-refractivity contribution < 1.29 is 18.7 Å². The minimum absolute atomic E-state index is 0.0833. The van der Waals surface area contributed by atoms with Crippen molar-refractivity contribution >= 4 is 17.7 Å². The topological polar surface area (TPSA) is 37.3 Å². The SMILES string of the molecule is C[N+]1(C)C(C(=O)O)=Cc2cc(F)c(F)cc21. The summed E-state index contributed by atoms with van der Waals surface area (Å²) in [6.45, 7) is 0. The van der Waals surface area contributed by atoms with Gasteiger partial charge in [0, 0.05) is 17.7 Å². The molecule has 0 radical (unpaired) electrons. The lowest BCUT2D eigenvalue weighted by Crippen LogP contribution is -2.40. The molecule has 0 amide bonds. The summed E-state index contributed by atoms with van der Waals surface area (Å²) in [4.78, 5) is 11.0. The van der Waals surface area contributed by atoms with E-state index in [1.807, 2.05) is 0 Å². The maximum atomic E-state index is 13.1. The van der Waals surface area contributed by atoms with Crippen molar-refractivity contribution in [1.82, 2.24) is 4.48 Å². The number of carboxylic acid groups (broad SMARTS) is 1. The van der Waals surface area contributed by atoms with Gasteiger partial charge in [-0.1, -0.05) is 0 Å². The Hall–Kier alpha value is -1.75. The second-order valence-electron chi connectivity index (χ2n) is 4.11. The van der Waals surface area contributed by atoms with Crippen LogP contribution in [0.1, 0.15) is 5.56 Å². The number of halogens is 2. The Labute approximate surface area is 90.8 Å². The molecule has 0 bridgehead atoms. The highest BCUT2D eigenvalue weighted by Gasteiger charge is 2.39. The molecule has 0 spiro atoms. The molecule has 0 saturated carbocycles. The average molecular weight is 226 g/mol. The fraction of sp³-hybridized carbons (Fsp3) is 0.182. The van der Waals surface area contributed by atoms with Crippen molar-refractivity contribution in [1.29, 1.82) is 0 Å². The molecule has 3 nitrogen and oxygen atoms in total. The lowest BCUT2D eigenvalue weighted by molar-refractivity contribution is -0.133. The lowest BCUT2D eigenvalue weighted by Gasteiger charge is -2.25.